The van der Waals surface area contributed by atoms with Crippen LogP contribution >= 0.6 is 11.6 Å². The van der Waals surface area contributed by atoms with Gasteiger partial charge in [0.15, 0.2) is 5.96 Å². The quantitative estimate of drug-likeness (QED) is 0.525. The van der Waals surface area contributed by atoms with Gasteiger partial charge in [0.1, 0.15) is 0 Å². The maximum absolute atomic E-state index is 6.63. The molecule has 2 fully saturated rings. The molecule has 0 radical (unpaired) electrons. The second kappa shape index (κ2) is 11.8. The minimum atomic E-state index is 0.589. The topological polar surface area (TPSA) is 43.3 Å². The minimum Gasteiger partial charge on any atom is -0.381 e. The van der Waals surface area contributed by atoms with Gasteiger partial charge >= 0.3 is 0 Å². The fraction of sp³-hybridized carbons (Fsp3) is 0.696. The van der Waals surface area contributed by atoms with Crippen molar-refractivity contribution in [2.75, 3.05) is 71.5 Å². The summed E-state index contributed by atoms with van der Waals surface area (Å²) in [5.41, 5.74) is 2.34. The van der Waals surface area contributed by atoms with Crippen LogP contribution in [0.1, 0.15) is 31.7 Å². The van der Waals surface area contributed by atoms with Gasteiger partial charge in [0.2, 0.25) is 0 Å². The summed E-state index contributed by atoms with van der Waals surface area (Å²) in [5, 5.41) is 4.25. The van der Waals surface area contributed by atoms with E-state index in [-0.39, 0.29) is 0 Å². The average Bonchev–Trinajstić information content (AvgIpc) is 2.77. The highest BCUT2D eigenvalue weighted by Gasteiger charge is 2.19. The highest BCUT2D eigenvalue weighted by molar-refractivity contribution is 6.31. The molecule has 2 aliphatic heterocycles. The van der Waals surface area contributed by atoms with E-state index in [9.17, 15) is 0 Å². The Morgan fingerprint density at radius 1 is 1.23 bits per heavy atom. The molecule has 0 saturated carbocycles. The van der Waals surface area contributed by atoms with Gasteiger partial charge in [-0.05, 0) is 51.3 Å². The van der Waals surface area contributed by atoms with Gasteiger partial charge in [-0.1, -0.05) is 17.7 Å². The molecular formula is C23H38ClN5O. The molecule has 2 aliphatic rings. The molecule has 7 heteroatoms. The zero-order valence-corrected chi connectivity index (χ0v) is 19.6. The van der Waals surface area contributed by atoms with E-state index in [2.05, 4.69) is 53.2 Å². The van der Waals surface area contributed by atoms with Crippen molar-refractivity contribution in [2.45, 2.75) is 32.7 Å². The van der Waals surface area contributed by atoms with Crippen molar-refractivity contribution in [3.8, 4) is 0 Å². The number of benzene rings is 1. The van der Waals surface area contributed by atoms with Crippen LogP contribution in [-0.4, -0.2) is 82.3 Å². The van der Waals surface area contributed by atoms with E-state index < -0.39 is 0 Å². The van der Waals surface area contributed by atoms with Crippen LogP contribution in [0, 0.1) is 5.92 Å². The first kappa shape index (κ1) is 23.2. The van der Waals surface area contributed by atoms with E-state index in [1.165, 1.54) is 24.9 Å². The van der Waals surface area contributed by atoms with Gasteiger partial charge in [-0.25, -0.2) is 4.99 Å². The molecule has 0 aliphatic carbocycles. The summed E-state index contributed by atoms with van der Waals surface area (Å²) in [6, 6.07) is 6.21. The van der Waals surface area contributed by atoms with E-state index in [1.807, 2.05) is 6.07 Å². The number of nitrogens with one attached hydrogen (secondary N) is 1. The molecule has 1 aromatic rings. The Bertz CT molecular complexity index is 684. The third kappa shape index (κ3) is 6.50. The molecule has 30 heavy (non-hydrogen) atoms. The number of hydrogen-bond acceptors (Lipinski definition) is 4. The summed E-state index contributed by atoms with van der Waals surface area (Å²) >= 11 is 6.63. The summed E-state index contributed by atoms with van der Waals surface area (Å²) in [7, 11) is 4.31. The van der Waals surface area contributed by atoms with Crippen molar-refractivity contribution >= 4 is 23.2 Å². The largest absolute Gasteiger partial charge is 0.381 e. The Morgan fingerprint density at radius 3 is 2.67 bits per heavy atom. The van der Waals surface area contributed by atoms with Crippen LogP contribution < -0.4 is 10.2 Å². The van der Waals surface area contributed by atoms with Crippen LogP contribution in [0.25, 0.3) is 0 Å². The third-order valence-corrected chi connectivity index (χ3v) is 6.59. The van der Waals surface area contributed by atoms with Gasteiger partial charge in [-0.15, -0.1) is 0 Å². The number of nitrogens with zero attached hydrogens (tertiary/aromatic N) is 4. The van der Waals surface area contributed by atoms with E-state index >= 15 is 0 Å². The molecule has 3 rings (SSSR count). The molecule has 2 heterocycles. The zero-order chi connectivity index (χ0) is 21.3. The smallest absolute Gasteiger partial charge is 0.193 e. The molecule has 168 valence electrons. The predicted octanol–water partition coefficient (Wildman–Crippen LogP) is 3.31. The lowest BCUT2D eigenvalue weighted by molar-refractivity contribution is 0.0625. The Labute approximate surface area is 187 Å². The first-order chi connectivity index (χ1) is 14.6. The predicted molar refractivity (Wildman–Crippen MR) is 127 cm³/mol. The van der Waals surface area contributed by atoms with E-state index in [0.29, 0.717) is 6.54 Å². The van der Waals surface area contributed by atoms with Crippen molar-refractivity contribution in [1.29, 1.82) is 0 Å². The minimum absolute atomic E-state index is 0.589. The number of piperazine rings is 1. The molecule has 0 aromatic heterocycles. The molecule has 6 nitrogen and oxygen atoms in total. The highest BCUT2D eigenvalue weighted by Crippen LogP contribution is 2.29. The second-order valence-corrected chi connectivity index (χ2v) is 8.87. The second-order valence-electron chi connectivity index (χ2n) is 8.46. The van der Waals surface area contributed by atoms with Gasteiger partial charge in [0, 0.05) is 75.8 Å². The van der Waals surface area contributed by atoms with Crippen LogP contribution in [-0.2, 0) is 11.3 Å². The summed E-state index contributed by atoms with van der Waals surface area (Å²) in [6.07, 6.45) is 3.54. The van der Waals surface area contributed by atoms with Crippen molar-refractivity contribution < 1.29 is 4.74 Å². The Hall–Kier alpha value is -1.50. The maximum Gasteiger partial charge on any atom is 0.193 e. The summed E-state index contributed by atoms with van der Waals surface area (Å²) in [5.74, 6) is 1.71. The normalized spacial score (nSPS) is 19.2. The Kier molecular flexibility index (Phi) is 9.09. The lowest BCUT2D eigenvalue weighted by Crippen LogP contribution is -2.44. The molecule has 0 spiro atoms. The first-order valence-corrected chi connectivity index (χ1v) is 11.7. The number of guanidine groups is 1. The monoisotopic (exact) mass is 435 g/mol. The number of halogens is 1. The van der Waals surface area contributed by atoms with Gasteiger partial charge in [-0.3, -0.25) is 0 Å². The fourth-order valence-electron chi connectivity index (χ4n) is 4.19. The first-order valence-electron chi connectivity index (χ1n) is 11.4. The van der Waals surface area contributed by atoms with Crippen molar-refractivity contribution in [3.05, 3.63) is 28.8 Å². The average molecular weight is 436 g/mol. The number of aliphatic imine (C=N–C) groups is 1. The lowest BCUT2D eigenvalue weighted by Gasteiger charge is -2.35. The van der Waals surface area contributed by atoms with Crippen molar-refractivity contribution in [1.82, 2.24) is 15.1 Å². The van der Waals surface area contributed by atoms with Gasteiger partial charge < -0.3 is 24.8 Å². The molecule has 2 saturated heterocycles. The van der Waals surface area contributed by atoms with Crippen LogP contribution in [0.2, 0.25) is 5.02 Å². The molecule has 1 N–H and O–H groups in total. The number of anilines is 1. The van der Waals surface area contributed by atoms with E-state index in [4.69, 9.17) is 21.3 Å². The van der Waals surface area contributed by atoms with Crippen LogP contribution in [0.4, 0.5) is 5.69 Å². The molecule has 0 bridgehead atoms. The molecule has 0 amide bonds. The summed E-state index contributed by atoms with van der Waals surface area (Å²) in [4.78, 5) is 12.0. The fourth-order valence-corrected chi connectivity index (χ4v) is 4.42. The Balaban J connectivity index is 1.67. The standard InChI is InChI=1S/C23H38ClN5O/c1-4-25-23(28(3)11-8-19-9-16-30-17-10-19)26-18-20-21(24)6-5-7-22(20)29-14-12-27(2)13-15-29/h5-7,19H,4,8-18H2,1-3H3,(H,25,26). The van der Waals surface area contributed by atoms with Gasteiger partial charge in [0.05, 0.1) is 6.54 Å². The van der Waals surface area contributed by atoms with Crippen LogP contribution in [0.5, 0.6) is 0 Å². The molecular weight excluding hydrogens is 398 g/mol. The maximum atomic E-state index is 6.63. The Morgan fingerprint density at radius 2 is 1.97 bits per heavy atom. The zero-order valence-electron chi connectivity index (χ0n) is 18.9. The molecule has 0 unspecified atom stereocenters. The third-order valence-electron chi connectivity index (χ3n) is 6.24. The number of likely N-dealkylation sites (N-methyl/N-ethyl adjacent to an activating group) is 1. The van der Waals surface area contributed by atoms with Crippen LogP contribution in [0.15, 0.2) is 23.2 Å². The van der Waals surface area contributed by atoms with E-state index in [1.54, 1.807) is 0 Å². The SMILES string of the molecule is CCNC(=NCc1c(Cl)cccc1N1CCN(C)CC1)N(C)CCC1CCOCC1. The van der Waals surface area contributed by atoms with Crippen LogP contribution in [0.3, 0.4) is 0 Å². The van der Waals surface area contributed by atoms with Crippen molar-refractivity contribution in [2.24, 2.45) is 10.9 Å². The molecule has 1 aromatic carbocycles. The van der Waals surface area contributed by atoms with Crippen molar-refractivity contribution in [3.63, 3.8) is 0 Å². The van der Waals surface area contributed by atoms with E-state index in [0.717, 1.165) is 74.9 Å². The summed E-state index contributed by atoms with van der Waals surface area (Å²) < 4.78 is 5.49. The molecule has 0 atom stereocenters. The lowest BCUT2D eigenvalue weighted by atomic mass is 9.96. The van der Waals surface area contributed by atoms with Gasteiger partial charge in [0.25, 0.3) is 0 Å². The number of ether oxygens (including phenoxy) is 1. The highest BCUT2D eigenvalue weighted by atomic mass is 35.5. The van der Waals surface area contributed by atoms with Gasteiger partial charge in [-0.2, -0.15) is 0 Å². The number of rotatable bonds is 7. The summed E-state index contributed by atoms with van der Waals surface area (Å²) in [6.45, 7) is 10.6. The number of hydrogen-bond donors (Lipinski definition) is 1.